The van der Waals surface area contributed by atoms with Crippen LogP contribution in [-0.4, -0.2) is 20.0 Å². The van der Waals surface area contributed by atoms with Gasteiger partial charge in [0.1, 0.15) is 29.6 Å². The minimum atomic E-state index is -2.25. The average Bonchev–Trinajstić information content (AvgIpc) is 3.15. The summed E-state index contributed by atoms with van der Waals surface area (Å²) in [6, 6.07) is 8.91. The molecule has 0 amide bonds. The highest BCUT2D eigenvalue weighted by Gasteiger charge is 2.29. The van der Waals surface area contributed by atoms with Crippen LogP contribution in [0, 0.1) is 29.1 Å². The zero-order valence-corrected chi connectivity index (χ0v) is 17.7. The number of hydrogen-bond acceptors (Lipinski definition) is 5. The van der Waals surface area contributed by atoms with Crippen LogP contribution in [0.3, 0.4) is 0 Å². The fourth-order valence-electron chi connectivity index (χ4n) is 3.28. The summed E-state index contributed by atoms with van der Waals surface area (Å²) in [5.74, 6) is -9.76. The van der Waals surface area contributed by atoms with E-state index in [-0.39, 0.29) is 22.8 Å². The molecule has 3 aromatic carbocycles. The van der Waals surface area contributed by atoms with Gasteiger partial charge in [0.2, 0.25) is 11.6 Å². The molecule has 0 aromatic heterocycles. The van der Waals surface area contributed by atoms with E-state index >= 15 is 0 Å². The number of rotatable bonds is 6. The van der Waals surface area contributed by atoms with E-state index in [4.69, 9.17) is 18.9 Å². The van der Waals surface area contributed by atoms with Gasteiger partial charge in [-0.1, -0.05) is 0 Å². The van der Waals surface area contributed by atoms with Crippen molar-refractivity contribution >= 4 is 11.9 Å². The second-order valence-electron chi connectivity index (χ2n) is 7.04. The van der Waals surface area contributed by atoms with Crippen LogP contribution >= 0.6 is 0 Å². The SMILES string of the molecule is COc1ccc(OC)c(/C=C2\Oc3cc(OCc4c(F)c(F)c(F)c(F)c4F)ccc3C2=O)c1. The Morgan fingerprint density at radius 1 is 0.824 bits per heavy atom. The lowest BCUT2D eigenvalue weighted by Gasteiger charge is -2.10. The lowest BCUT2D eigenvalue weighted by atomic mass is 10.1. The molecule has 0 aliphatic carbocycles. The van der Waals surface area contributed by atoms with Crippen LogP contribution in [0.15, 0.2) is 42.2 Å². The Labute approximate surface area is 189 Å². The third-order valence-corrected chi connectivity index (χ3v) is 5.05. The molecule has 0 saturated heterocycles. The number of carbonyl (C=O) groups is 1. The quantitative estimate of drug-likeness (QED) is 0.200. The molecule has 0 N–H and O–H groups in total. The highest BCUT2D eigenvalue weighted by molar-refractivity contribution is 6.14. The number of ether oxygens (including phenoxy) is 4. The van der Waals surface area contributed by atoms with Crippen LogP contribution in [0.1, 0.15) is 21.5 Å². The van der Waals surface area contributed by atoms with Crippen LogP contribution < -0.4 is 18.9 Å². The minimum absolute atomic E-state index is 0.0179. The molecule has 176 valence electrons. The summed E-state index contributed by atoms with van der Waals surface area (Å²) in [5, 5.41) is 0. The molecule has 34 heavy (non-hydrogen) atoms. The van der Waals surface area contributed by atoms with E-state index in [1.54, 1.807) is 18.2 Å². The fourth-order valence-corrected chi connectivity index (χ4v) is 3.28. The third kappa shape index (κ3) is 4.02. The normalized spacial score (nSPS) is 13.6. The monoisotopic (exact) mass is 478 g/mol. The van der Waals surface area contributed by atoms with Crippen molar-refractivity contribution in [2.75, 3.05) is 14.2 Å². The molecule has 0 saturated carbocycles. The molecule has 0 fully saturated rings. The van der Waals surface area contributed by atoms with Crippen molar-refractivity contribution in [2.45, 2.75) is 6.61 Å². The number of methoxy groups -OCH3 is 2. The zero-order chi connectivity index (χ0) is 24.6. The Morgan fingerprint density at radius 2 is 1.47 bits per heavy atom. The second kappa shape index (κ2) is 9.05. The summed E-state index contributed by atoms with van der Waals surface area (Å²) in [4.78, 5) is 12.7. The van der Waals surface area contributed by atoms with Crippen molar-refractivity contribution in [1.82, 2.24) is 0 Å². The number of benzene rings is 3. The molecule has 3 aromatic rings. The summed E-state index contributed by atoms with van der Waals surface area (Å²) in [6.07, 6.45) is 1.46. The Morgan fingerprint density at radius 3 is 2.12 bits per heavy atom. The number of fused-ring (bicyclic) bond motifs is 1. The molecule has 1 aliphatic rings. The molecule has 10 heteroatoms. The summed E-state index contributed by atoms with van der Waals surface area (Å²) < 4.78 is 88.9. The molecule has 0 atom stereocenters. The summed E-state index contributed by atoms with van der Waals surface area (Å²) in [6.45, 7) is -0.942. The largest absolute Gasteiger partial charge is 0.497 e. The van der Waals surface area contributed by atoms with Gasteiger partial charge in [0.15, 0.2) is 29.0 Å². The van der Waals surface area contributed by atoms with Crippen LogP contribution in [0.2, 0.25) is 0 Å². The van der Waals surface area contributed by atoms with E-state index in [0.29, 0.717) is 17.1 Å². The standard InChI is InChI=1S/C24H15F5O5/c1-31-12-4-6-16(32-2)11(7-12)8-18-24(30)14-5-3-13(9-17(14)34-18)33-10-15-19(25)21(27)23(29)22(28)20(15)26/h3-9H,10H2,1-2H3/b18-8-. The molecule has 0 unspecified atom stereocenters. The van der Waals surface area contributed by atoms with Crippen LogP contribution in [-0.2, 0) is 6.61 Å². The number of allylic oxidation sites excluding steroid dienone is 1. The number of carbonyl (C=O) groups excluding carboxylic acids is 1. The molecule has 0 bridgehead atoms. The van der Waals surface area contributed by atoms with Crippen molar-refractivity contribution in [3.05, 3.63) is 87.9 Å². The van der Waals surface area contributed by atoms with Gasteiger partial charge in [-0.3, -0.25) is 4.79 Å². The highest BCUT2D eigenvalue weighted by Crippen LogP contribution is 2.36. The predicted octanol–water partition coefficient (Wildman–Crippen LogP) is 5.59. The third-order valence-electron chi connectivity index (χ3n) is 5.05. The number of hydrogen-bond donors (Lipinski definition) is 0. The first kappa shape index (κ1) is 23.1. The second-order valence-corrected chi connectivity index (χ2v) is 7.04. The van der Waals surface area contributed by atoms with Gasteiger partial charge in [0.05, 0.1) is 25.3 Å². The smallest absolute Gasteiger partial charge is 0.231 e. The molecule has 0 spiro atoms. The number of ketones is 1. The zero-order valence-electron chi connectivity index (χ0n) is 17.7. The van der Waals surface area contributed by atoms with Gasteiger partial charge in [-0.05, 0) is 36.4 Å². The van der Waals surface area contributed by atoms with E-state index in [9.17, 15) is 26.7 Å². The molecule has 0 radical (unpaired) electrons. The maximum atomic E-state index is 13.9. The lowest BCUT2D eigenvalue weighted by Crippen LogP contribution is -2.09. The van der Waals surface area contributed by atoms with Crippen LogP contribution in [0.5, 0.6) is 23.0 Å². The summed E-state index contributed by atoms with van der Waals surface area (Å²) >= 11 is 0. The Bertz CT molecular complexity index is 1310. The Kier molecular flexibility index (Phi) is 6.14. The average molecular weight is 478 g/mol. The van der Waals surface area contributed by atoms with Crippen molar-refractivity contribution in [1.29, 1.82) is 0 Å². The van der Waals surface area contributed by atoms with Gasteiger partial charge in [0, 0.05) is 11.6 Å². The lowest BCUT2D eigenvalue weighted by molar-refractivity contribution is 0.101. The molecule has 4 rings (SSSR count). The van der Waals surface area contributed by atoms with E-state index < -0.39 is 47.0 Å². The molecule has 1 heterocycles. The topological polar surface area (TPSA) is 54.0 Å². The van der Waals surface area contributed by atoms with Gasteiger partial charge in [0.25, 0.3) is 0 Å². The van der Waals surface area contributed by atoms with Crippen molar-refractivity contribution in [3.63, 3.8) is 0 Å². The first-order chi connectivity index (χ1) is 16.2. The maximum Gasteiger partial charge on any atom is 0.231 e. The van der Waals surface area contributed by atoms with Crippen molar-refractivity contribution < 1.29 is 45.7 Å². The molecular weight excluding hydrogens is 463 g/mol. The van der Waals surface area contributed by atoms with Crippen molar-refractivity contribution in [2.24, 2.45) is 0 Å². The van der Waals surface area contributed by atoms with Crippen LogP contribution in [0.4, 0.5) is 22.0 Å². The van der Waals surface area contributed by atoms with E-state index in [2.05, 4.69) is 0 Å². The Hall–Kier alpha value is -4.08. The van der Waals surface area contributed by atoms with Crippen LogP contribution in [0.25, 0.3) is 6.08 Å². The predicted molar refractivity (Wildman–Crippen MR) is 109 cm³/mol. The molecule has 1 aliphatic heterocycles. The summed E-state index contributed by atoms with van der Waals surface area (Å²) in [7, 11) is 2.95. The van der Waals surface area contributed by atoms with Gasteiger partial charge in [-0.2, -0.15) is 0 Å². The first-order valence-corrected chi connectivity index (χ1v) is 9.68. The van der Waals surface area contributed by atoms with E-state index in [0.717, 1.165) is 0 Å². The van der Waals surface area contributed by atoms with Gasteiger partial charge in [-0.15, -0.1) is 0 Å². The van der Waals surface area contributed by atoms with Gasteiger partial charge < -0.3 is 18.9 Å². The van der Waals surface area contributed by atoms with Gasteiger partial charge >= 0.3 is 0 Å². The number of Topliss-reactive ketones (excluding diaryl/α,β-unsaturated/α-hetero) is 1. The maximum absolute atomic E-state index is 13.9. The Balaban J connectivity index is 1.58. The highest BCUT2D eigenvalue weighted by atomic mass is 19.2. The minimum Gasteiger partial charge on any atom is -0.497 e. The fraction of sp³-hybridized carbons (Fsp3) is 0.125. The number of halogens is 5. The summed E-state index contributed by atoms with van der Waals surface area (Å²) in [5.41, 5.74) is -0.419. The molecular formula is C24H15F5O5. The first-order valence-electron chi connectivity index (χ1n) is 9.68. The van der Waals surface area contributed by atoms with Crippen molar-refractivity contribution in [3.8, 4) is 23.0 Å². The molecule has 5 nitrogen and oxygen atoms in total. The van der Waals surface area contributed by atoms with E-state index in [1.165, 1.54) is 38.5 Å². The van der Waals surface area contributed by atoms with E-state index in [1.807, 2.05) is 0 Å². The van der Waals surface area contributed by atoms with Gasteiger partial charge in [-0.25, -0.2) is 22.0 Å².